The summed E-state index contributed by atoms with van der Waals surface area (Å²) in [6.45, 7) is 5.64. The molecule has 0 saturated carbocycles. The van der Waals surface area contributed by atoms with Crippen molar-refractivity contribution in [3.8, 4) is 11.7 Å². The molecule has 0 spiro atoms. The fourth-order valence-corrected chi connectivity index (χ4v) is 1.97. The molecule has 96 valence electrons. The lowest BCUT2D eigenvalue weighted by Crippen LogP contribution is -2.09. The number of aryl methyl sites for hydroxylation is 3. The molecule has 2 rings (SSSR count). The third-order valence-corrected chi connectivity index (χ3v) is 2.94. The summed E-state index contributed by atoms with van der Waals surface area (Å²) >= 11 is 0. The van der Waals surface area contributed by atoms with Crippen LogP contribution < -0.4 is 0 Å². The van der Waals surface area contributed by atoms with Gasteiger partial charge in [0.05, 0.1) is 11.4 Å². The third-order valence-electron chi connectivity index (χ3n) is 2.94. The van der Waals surface area contributed by atoms with Gasteiger partial charge in [-0.1, -0.05) is 0 Å². The van der Waals surface area contributed by atoms with E-state index in [4.69, 9.17) is 5.11 Å². The number of aliphatic hydroxyl groups is 1. The minimum absolute atomic E-state index is 0.0485. The highest BCUT2D eigenvalue weighted by Crippen LogP contribution is 2.22. The van der Waals surface area contributed by atoms with Gasteiger partial charge in [0.25, 0.3) is 0 Å². The highest BCUT2D eigenvalue weighted by molar-refractivity contribution is 5.36. The molecule has 0 amide bonds. The SMILES string of the molecule is Cc1nc(-n2c(C)ccc2C)nc(CCO)c1O. The van der Waals surface area contributed by atoms with Gasteiger partial charge in [0.15, 0.2) is 5.75 Å². The van der Waals surface area contributed by atoms with Crippen LogP contribution in [0.15, 0.2) is 12.1 Å². The Morgan fingerprint density at radius 3 is 2.28 bits per heavy atom. The second-order valence-corrected chi connectivity index (χ2v) is 4.33. The first-order valence-electron chi connectivity index (χ1n) is 5.87. The molecule has 0 aromatic carbocycles. The van der Waals surface area contributed by atoms with E-state index >= 15 is 0 Å². The van der Waals surface area contributed by atoms with E-state index in [9.17, 15) is 5.11 Å². The Morgan fingerprint density at radius 2 is 1.72 bits per heavy atom. The highest BCUT2D eigenvalue weighted by atomic mass is 16.3. The Labute approximate surface area is 106 Å². The standard InChI is InChI=1S/C13H17N3O2/c1-8-4-5-9(2)16(8)13-14-10(3)12(18)11(15-13)6-7-17/h4-5,17-18H,6-7H2,1-3H3. The van der Waals surface area contributed by atoms with E-state index in [1.54, 1.807) is 6.92 Å². The summed E-state index contributed by atoms with van der Waals surface area (Å²) in [6.07, 6.45) is 0.321. The van der Waals surface area contributed by atoms with E-state index in [2.05, 4.69) is 9.97 Å². The van der Waals surface area contributed by atoms with Crippen molar-refractivity contribution in [2.45, 2.75) is 27.2 Å². The molecule has 0 fully saturated rings. The van der Waals surface area contributed by atoms with E-state index in [-0.39, 0.29) is 12.4 Å². The minimum Gasteiger partial charge on any atom is -0.504 e. The predicted molar refractivity (Wildman–Crippen MR) is 68.0 cm³/mol. The Hall–Kier alpha value is -1.88. The van der Waals surface area contributed by atoms with Gasteiger partial charge in [-0.05, 0) is 32.9 Å². The van der Waals surface area contributed by atoms with Crippen molar-refractivity contribution in [3.63, 3.8) is 0 Å². The summed E-state index contributed by atoms with van der Waals surface area (Å²) in [5, 5.41) is 18.8. The fourth-order valence-electron chi connectivity index (χ4n) is 1.97. The van der Waals surface area contributed by atoms with Gasteiger partial charge >= 0.3 is 0 Å². The van der Waals surface area contributed by atoms with Crippen molar-refractivity contribution in [2.75, 3.05) is 6.61 Å². The molecule has 2 aromatic heterocycles. The first-order valence-corrected chi connectivity index (χ1v) is 5.87. The molecule has 0 aliphatic rings. The van der Waals surface area contributed by atoms with Gasteiger partial charge in [0.2, 0.25) is 5.95 Å². The summed E-state index contributed by atoms with van der Waals surface area (Å²) < 4.78 is 1.92. The number of hydrogen-bond acceptors (Lipinski definition) is 4. The zero-order valence-electron chi connectivity index (χ0n) is 10.8. The maximum absolute atomic E-state index is 9.84. The van der Waals surface area contributed by atoms with Crippen LogP contribution in [0.1, 0.15) is 22.8 Å². The number of aromatic hydroxyl groups is 1. The number of rotatable bonds is 3. The van der Waals surface area contributed by atoms with Crippen LogP contribution in [0.25, 0.3) is 5.95 Å². The number of nitrogens with zero attached hydrogens (tertiary/aromatic N) is 3. The average molecular weight is 247 g/mol. The fraction of sp³-hybridized carbons (Fsp3) is 0.385. The quantitative estimate of drug-likeness (QED) is 0.860. The molecule has 0 aliphatic heterocycles. The topological polar surface area (TPSA) is 71.2 Å². The molecule has 0 bridgehead atoms. The summed E-state index contributed by atoms with van der Waals surface area (Å²) in [5.41, 5.74) is 3.07. The average Bonchev–Trinajstić information content (AvgIpc) is 2.65. The smallest absolute Gasteiger partial charge is 0.234 e. The van der Waals surface area contributed by atoms with Crippen LogP contribution in [0, 0.1) is 20.8 Å². The zero-order chi connectivity index (χ0) is 13.3. The predicted octanol–water partition coefficient (Wildman–Crippen LogP) is 1.43. The zero-order valence-corrected chi connectivity index (χ0v) is 10.8. The molecule has 18 heavy (non-hydrogen) atoms. The minimum atomic E-state index is -0.0485. The van der Waals surface area contributed by atoms with Gasteiger partial charge in [0.1, 0.15) is 0 Å². The number of hydrogen-bond donors (Lipinski definition) is 2. The molecule has 5 heteroatoms. The van der Waals surface area contributed by atoms with Crippen LogP contribution in [-0.4, -0.2) is 31.4 Å². The van der Waals surface area contributed by atoms with E-state index < -0.39 is 0 Å². The van der Waals surface area contributed by atoms with Gasteiger partial charge in [0, 0.05) is 24.4 Å². The Morgan fingerprint density at radius 1 is 1.11 bits per heavy atom. The third kappa shape index (κ3) is 2.09. The van der Waals surface area contributed by atoms with E-state index in [1.165, 1.54) is 0 Å². The highest BCUT2D eigenvalue weighted by Gasteiger charge is 2.13. The second kappa shape index (κ2) is 4.78. The molecule has 2 aromatic rings. The molecular weight excluding hydrogens is 230 g/mol. The van der Waals surface area contributed by atoms with E-state index in [1.807, 2.05) is 30.5 Å². The number of aromatic nitrogens is 3. The Bertz CT molecular complexity index is 556. The van der Waals surface area contributed by atoms with E-state index in [0.717, 1.165) is 11.4 Å². The largest absolute Gasteiger partial charge is 0.504 e. The number of aliphatic hydroxyl groups excluding tert-OH is 1. The van der Waals surface area contributed by atoms with Gasteiger partial charge in [-0.25, -0.2) is 9.97 Å². The summed E-state index contributed by atoms with van der Waals surface area (Å²) in [5.74, 6) is 0.601. The molecule has 0 radical (unpaired) electrons. The van der Waals surface area contributed by atoms with Gasteiger partial charge < -0.3 is 10.2 Å². The molecule has 5 nitrogen and oxygen atoms in total. The van der Waals surface area contributed by atoms with E-state index in [0.29, 0.717) is 23.8 Å². The Balaban J connectivity index is 2.59. The van der Waals surface area contributed by atoms with Crippen molar-refractivity contribution in [3.05, 3.63) is 34.9 Å². The van der Waals surface area contributed by atoms with Gasteiger partial charge in [-0.15, -0.1) is 0 Å². The van der Waals surface area contributed by atoms with Crippen molar-refractivity contribution in [1.82, 2.24) is 14.5 Å². The summed E-state index contributed by atoms with van der Waals surface area (Å²) in [7, 11) is 0. The Kier molecular flexibility index (Phi) is 3.34. The lowest BCUT2D eigenvalue weighted by molar-refractivity contribution is 0.295. The normalized spacial score (nSPS) is 10.9. The molecule has 2 N–H and O–H groups in total. The maximum atomic E-state index is 9.84. The molecular formula is C13H17N3O2. The van der Waals surface area contributed by atoms with Gasteiger partial charge in [-0.3, -0.25) is 4.57 Å². The van der Waals surface area contributed by atoms with Crippen LogP contribution >= 0.6 is 0 Å². The van der Waals surface area contributed by atoms with Crippen molar-refractivity contribution >= 4 is 0 Å². The molecule has 2 heterocycles. The van der Waals surface area contributed by atoms with Crippen LogP contribution in [0.3, 0.4) is 0 Å². The second-order valence-electron chi connectivity index (χ2n) is 4.33. The lowest BCUT2D eigenvalue weighted by Gasteiger charge is -2.11. The molecule has 0 saturated heterocycles. The molecule has 0 unspecified atom stereocenters. The summed E-state index contributed by atoms with van der Waals surface area (Å²) in [6, 6.07) is 3.99. The van der Waals surface area contributed by atoms with Crippen LogP contribution in [-0.2, 0) is 6.42 Å². The van der Waals surface area contributed by atoms with Crippen LogP contribution in [0.5, 0.6) is 5.75 Å². The monoisotopic (exact) mass is 247 g/mol. The van der Waals surface area contributed by atoms with Crippen molar-refractivity contribution in [1.29, 1.82) is 0 Å². The van der Waals surface area contributed by atoms with Crippen molar-refractivity contribution in [2.24, 2.45) is 0 Å². The van der Waals surface area contributed by atoms with Crippen molar-refractivity contribution < 1.29 is 10.2 Å². The maximum Gasteiger partial charge on any atom is 0.234 e. The lowest BCUT2D eigenvalue weighted by atomic mass is 10.2. The van der Waals surface area contributed by atoms with Crippen LogP contribution in [0.2, 0.25) is 0 Å². The van der Waals surface area contributed by atoms with Crippen LogP contribution in [0.4, 0.5) is 0 Å². The first-order chi connectivity index (χ1) is 8.54. The first kappa shape index (κ1) is 12.6. The van der Waals surface area contributed by atoms with Gasteiger partial charge in [-0.2, -0.15) is 0 Å². The summed E-state index contributed by atoms with van der Waals surface area (Å²) in [4.78, 5) is 8.63. The molecule has 0 aliphatic carbocycles. The molecule has 0 atom stereocenters.